The van der Waals surface area contributed by atoms with E-state index in [2.05, 4.69) is 0 Å². The van der Waals surface area contributed by atoms with Crippen molar-refractivity contribution in [2.75, 3.05) is 6.54 Å². The number of hydrogen-bond acceptors (Lipinski definition) is 3. The van der Waals surface area contributed by atoms with Crippen molar-refractivity contribution in [2.24, 2.45) is 5.73 Å². The van der Waals surface area contributed by atoms with E-state index in [9.17, 15) is 14.6 Å². The van der Waals surface area contributed by atoms with Gasteiger partial charge in [0.1, 0.15) is 5.82 Å². The summed E-state index contributed by atoms with van der Waals surface area (Å²) in [5.74, 6) is -1.14. The first-order valence-electron chi connectivity index (χ1n) is 5.02. The van der Waals surface area contributed by atoms with E-state index >= 15 is 0 Å². The van der Waals surface area contributed by atoms with E-state index in [1.165, 1.54) is 6.07 Å². The van der Waals surface area contributed by atoms with Crippen LogP contribution in [-0.2, 0) is 5.41 Å². The summed E-state index contributed by atoms with van der Waals surface area (Å²) in [6.07, 6.45) is 2.50. The molecule has 4 N–H and O–H groups in total. The third-order valence-corrected chi connectivity index (χ3v) is 3.34. The molecule has 1 aliphatic carbocycles. The van der Waals surface area contributed by atoms with Gasteiger partial charge in [0.05, 0.1) is 0 Å². The van der Waals surface area contributed by atoms with Crippen LogP contribution in [0.15, 0.2) is 12.1 Å². The Labute approximate surface area is 87.3 Å². The SMILES string of the molecule is NCC1(c2c(F)ccc(O)c2O)CCC1. The average molecular weight is 211 g/mol. The zero-order chi connectivity index (χ0) is 11.1. The van der Waals surface area contributed by atoms with Crippen LogP contribution in [0, 0.1) is 5.82 Å². The molecule has 82 valence electrons. The van der Waals surface area contributed by atoms with Crippen LogP contribution in [0.3, 0.4) is 0 Å². The monoisotopic (exact) mass is 211 g/mol. The third-order valence-electron chi connectivity index (χ3n) is 3.34. The van der Waals surface area contributed by atoms with Crippen LogP contribution in [0.1, 0.15) is 24.8 Å². The molecule has 1 aromatic rings. The Morgan fingerprint density at radius 2 is 2.00 bits per heavy atom. The zero-order valence-electron chi connectivity index (χ0n) is 8.33. The van der Waals surface area contributed by atoms with E-state index in [-0.39, 0.29) is 17.1 Å². The fourth-order valence-corrected chi connectivity index (χ4v) is 2.22. The van der Waals surface area contributed by atoms with E-state index in [1.807, 2.05) is 0 Å². The normalized spacial score (nSPS) is 18.5. The number of phenols is 2. The molecule has 15 heavy (non-hydrogen) atoms. The first-order chi connectivity index (χ1) is 7.10. The molecule has 0 atom stereocenters. The van der Waals surface area contributed by atoms with Gasteiger partial charge in [0, 0.05) is 17.5 Å². The Morgan fingerprint density at radius 3 is 2.47 bits per heavy atom. The molecule has 1 aromatic carbocycles. The molecule has 0 amide bonds. The molecule has 3 nitrogen and oxygen atoms in total. The van der Waals surface area contributed by atoms with Crippen molar-refractivity contribution in [1.82, 2.24) is 0 Å². The van der Waals surface area contributed by atoms with Gasteiger partial charge in [0.15, 0.2) is 11.5 Å². The van der Waals surface area contributed by atoms with E-state index in [0.717, 1.165) is 25.3 Å². The summed E-state index contributed by atoms with van der Waals surface area (Å²) < 4.78 is 13.6. The molecular formula is C11H14FNO2. The summed E-state index contributed by atoms with van der Waals surface area (Å²) in [5, 5.41) is 19.0. The quantitative estimate of drug-likeness (QED) is 0.651. The summed E-state index contributed by atoms with van der Waals surface area (Å²) in [6, 6.07) is 2.32. The van der Waals surface area contributed by atoms with E-state index in [1.54, 1.807) is 0 Å². The highest BCUT2D eigenvalue weighted by Gasteiger charge is 2.42. The number of halogens is 1. The topological polar surface area (TPSA) is 66.5 Å². The van der Waals surface area contributed by atoms with Crippen molar-refractivity contribution >= 4 is 0 Å². The summed E-state index contributed by atoms with van der Waals surface area (Å²) in [4.78, 5) is 0. The number of hydrogen-bond donors (Lipinski definition) is 3. The third kappa shape index (κ3) is 1.36. The first kappa shape index (κ1) is 10.2. The zero-order valence-corrected chi connectivity index (χ0v) is 8.33. The van der Waals surface area contributed by atoms with Gasteiger partial charge in [-0.25, -0.2) is 4.39 Å². The molecule has 1 fully saturated rings. The Morgan fingerprint density at radius 1 is 1.33 bits per heavy atom. The van der Waals surface area contributed by atoms with Crippen LogP contribution in [0.25, 0.3) is 0 Å². The molecular weight excluding hydrogens is 197 g/mol. The average Bonchev–Trinajstić information content (AvgIpc) is 2.16. The van der Waals surface area contributed by atoms with Gasteiger partial charge in [-0.2, -0.15) is 0 Å². The molecule has 0 spiro atoms. The fraction of sp³-hybridized carbons (Fsp3) is 0.455. The second kappa shape index (κ2) is 3.38. The van der Waals surface area contributed by atoms with Gasteiger partial charge >= 0.3 is 0 Å². The highest BCUT2D eigenvalue weighted by Crippen LogP contribution is 2.49. The van der Waals surface area contributed by atoms with E-state index in [4.69, 9.17) is 5.73 Å². The minimum absolute atomic E-state index is 0.177. The van der Waals surface area contributed by atoms with Gasteiger partial charge in [-0.1, -0.05) is 6.42 Å². The van der Waals surface area contributed by atoms with Gasteiger partial charge < -0.3 is 15.9 Å². The lowest BCUT2D eigenvalue weighted by Crippen LogP contribution is -2.42. The lowest BCUT2D eigenvalue weighted by atomic mass is 9.64. The molecule has 0 saturated heterocycles. The van der Waals surface area contributed by atoms with Gasteiger partial charge in [-0.3, -0.25) is 0 Å². The lowest BCUT2D eigenvalue weighted by molar-refractivity contribution is 0.233. The van der Waals surface area contributed by atoms with Crippen molar-refractivity contribution in [3.63, 3.8) is 0 Å². The van der Waals surface area contributed by atoms with Crippen molar-refractivity contribution < 1.29 is 14.6 Å². The van der Waals surface area contributed by atoms with Crippen LogP contribution in [-0.4, -0.2) is 16.8 Å². The predicted molar refractivity (Wildman–Crippen MR) is 54.3 cm³/mol. The second-order valence-electron chi connectivity index (χ2n) is 4.13. The summed E-state index contributed by atoms with van der Waals surface area (Å²) in [5.41, 5.74) is 5.33. The van der Waals surface area contributed by atoms with Gasteiger partial charge in [0.25, 0.3) is 0 Å². The van der Waals surface area contributed by atoms with Crippen LogP contribution < -0.4 is 5.73 Å². The second-order valence-corrected chi connectivity index (χ2v) is 4.13. The van der Waals surface area contributed by atoms with Crippen LogP contribution in [0.2, 0.25) is 0 Å². The maximum Gasteiger partial charge on any atom is 0.164 e. The fourth-order valence-electron chi connectivity index (χ4n) is 2.22. The highest BCUT2D eigenvalue weighted by molar-refractivity contribution is 5.50. The Kier molecular flexibility index (Phi) is 2.31. The van der Waals surface area contributed by atoms with Crippen molar-refractivity contribution in [3.8, 4) is 11.5 Å². The maximum atomic E-state index is 13.6. The molecule has 0 heterocycles. The van der Waals surface area contributed by atoms with E-state index in [0.29, 0.717) is 6.54 Å². The molecule has 0 radical (unpaired) electrons. The van der Waals surface area contributed by atoms with Gasteiger partial charge in [-0.05, 0) is 25.0 Å². The molecule has 1 saturated carbocycles. The molecule has 0 aliphatic heterocycles. The van der Waals surface area contributed by atoms with Crippen LogP contribution in [0.5, 0.6) is 11.5 Å². The number of benzene rings is 1. The van der Waals surface area contributed by atoms with Crippen molar-refractivity contribution in [1.29, 1.82) is 0 Å². The smallest absolute Gasteiger partial charge is 0.164 e. The van der Waals surface area contributed by atoms with Crippen LogP contribution in [0.4, 0.5) is 4.39 Å². The minimum Gasteiger partial charge on any atom is -0.504 e. The number of phenolic OH excluding ortho intramolecular Hbond substituents is 2. The van der Waals surface area contributed by atoms with Gasteiger partial charge in [-0.15, -0.1) is 0 Å². The predicted octanol–water partition coefficient (Wildman–Crippen LogP) is 1.62. The Hall–Kier alpha value is -1.29. The molecule has 4 heteroatoms. The van der Waals surface area contributed by atoms with Crippen molar-refractivity contribution in [2.45, 2.75) is 24.7 Å². The minimum atomic E-state index is -0.490. The molecule has 0 unspecified atom stereocenters. The standard InChI is InChI=1S/C11H14FNO2/c12-7-2-3-8(14)10(15)9(7)11(6-13)4-1-5-11/h2-3,14-15H,1,4-6,13H2. The molecule has 0 aromatic heterocycles. The highest BCUT2D eigenvalue weighted by atomic mass is 19.1. The molecule has 1 aliphatic rings. The van der Waals surface area contributed by atoms with E-state index < -0.39 is 11.2 Å². The number of nitrogens with two attached hydrogens (primary N) is 1. The Bertz CT molecular complexity index is 383. The number of rotatable bonds is 2. The molecule has 2 rings (SSSR count). The largest absolute Gasteiger partial charge is 0.504 e. The Balaban J connectivity index is 2.55. The van der Waals surface area contributed by atoms with Crippen molar-refractivity contribution in [3.05, 3.63) is 23.5 Å². The summed E-state index contributed by atoms with van der Waals surface area (Å²) >= 11 is 0. The van der Waals surface area contributed by atoms with Gasteiger partial charge in [0.2, 0.25) is 0 Å². The summed E-state index contributed by atoms with van der Waals surface area (Å²) in [6.45, 7) is 0.293. The lowest BCUT2D eigenvalue weighted by Gasteiger charge is -2.41. The summed E-state index contributed by atoms with van der Waals surface area (Å²) in [7, 11) is 0. The first-order valence-corrected chi connectivity index (χ1v) is 5.02. The molecule has 0 bridgehead atoms. The maximum absolute atomic E-state index is 13.6. The van der Waals surface area contributed by atoms with Crippen LogP contribution >= 0.6 is 0 Å². The number of aromatic hydroxyl groups is 2.